The first-order valence-electron chi connectivity index (χ1n) is 12.9. The van der Waals surface area contributed by atoms with Crippen molar-refractivity contribution in [1.82, 2.24) is 4.57 Å². The molecule has 10 heteroatoms. The zero-order chi connectivity index (χ0) is 29.3. The molecule has 0 aliphatic carbocycles. The molecule has 1 aliphatic heterocycles. The average molecular weight is 604 g/mol. The van der Waals surface area contributed by atoms with Crippen LogP contribution in [0.25, 0.3) is 22.0 Å². The van der Waals surface area contributed by atoms with Gasteiger partial charge in [-0.25, -0.2) is 13.0 Å². The third kappa shape index (κ3) is 5.87. The molecular weight excluding hydrogens is 575 g/mol. The minimum Gasteiger partial charge on any atom is -0.744 e. The second-order valence-corrected chi connectivity index (χ2v) is 13.0. The molecular formula is C31H29N3O4S3. The average Bonchev–Trinajstić information content (AvgIpc) is 3.45. The Bertz CT molecular complexity index is 2050. The highest BCUT2D eigenvalue weighted by molar-refractivity contribution is 8.08. The second kappa shape index (κ2) is 11.7. The van der Waals surface area contributed by atoms with Crippen LogP contribution in [0.1, 0.15) is 18.1 Å². The number of aryl methyl sites for hydroxylation is 2. The third-order valence-electron chi connectivity index (χ3n) is 6.82. The van der Waals surface area contributed by atoms with Crippen molar-refractivity contribution in [2.75, 3.05) is 11.9 Å². The van der Waals surface area contributed by atoms with E-state index in [1.54, 1.807) is 35.2 Å². The number of nitrogens with zero attached hydrogens (tertiary/aromatic N) is 3. The number of thioether (sulfide) groups is 1. The molecule has 210 valence electrons. The lowest BCUT2D eigenvalue weighted by atomic mass is 10.1. The Morgan fingerprint density at radius 3 is 2.34 bits per heavy atom. The zero-order valence-corrected chi connectivity index (χ0v) is 25.5. The normalized spacial score (nSPS) is 14.7. The number of rotatable bonds is 3. The first-order valence-corrected chi connectivity index (χ1v) is 16.0. The van der Waals surface area contributed by atoms with Crippen LogP contribution in [0.5, 0.6) is 0 Å². The lowest BCUT2D eigenvalue weighted by Gasteiger charge is -2.11. The van der Waals surface area contributed by atoms with Crippen molar-refractivity contribution < 1.29 is 17.5 Å². The first kappa shape index (κ1) is 28.8. The molecule has 0 saturated heterocycles. The van der Waals surface area contributed by atoms with Crippen molar-refractivity contribution in [3.8, 4) is 0 Å². The summed E-state index contributed by atoms with van der Waals surface area (Å²) in [6, 6.07) is 24.6. The molecule has 41 heavy (non-hydrogen) atoms. The molecule has 0 bridgehead atoms. The second-order valence-electron chi connectivity index (χ2n) is 9.56. The highest BCUT2D eigenvalue weighted by atomic mass is 32.2. The summed E-state index contributed by atoms with van der Waals surface area (Å²) in [5.41, 5.74) is 4.46. The number of aromatic nitrogens is 2. The maximum Gasteiger partial charge on any atom is 0.271 e. The molecule has 5 aromatic rings. The number of benzene rings is 3. The van der Waals surface area contributed by atoms with Gasteiger partial charge in [-0.1, -0.05) is 53.7 Å². The maximum atomic E-state index is 13.3. The lowest BCUT2D eigenvalue weighted by Crippen LogP contribution is -2.33. The van der Waals surface area contributed by atoms with E-state index in [-0.39, 0.29) is 10.5 Å². The SMILES string of the molecule is CCn1c(=O)/c(=C2\Sc3ccccc3N2C)s/c1=C\c1cc[n+](C)c2ccccc12.Cc1ccc(S(=O)(=O)[O-])cc1. The van der Waals surface area contributed by atoms with E-state index in [2.05, 4.69) is 71.3 Å². The Hall–Kier alpha value is -3.70. The largest absolute Gasteiger partial charge is 0.744 e. The minimum atomic E-state index is -4.27. The summed E-state index contributed by atoms with van der Waals surface area (Å²) < 4.78 is 37.0. The summed E-state index contributed by atoms with van der Waals surface area (Å²) in [7, 11) is -0.176. The highest BCUT2D eigenvalue weighted by Crippen LogP contribution is 2.44. The predicted molar refractivity (Wildman–Crippen MR) is 165 cm³/mol. The molecule has 0 saturated carbocycles. The molecule has 0 atom stereocenters. The van der Waals surface area contributed by atoms with Gasteiger partial charge in [0.05, 0.1) is 20.6 Å². The fourth-order valence-corrected chi connectivity index (χ4v) is 7.56. The van der Waals surface area contributed by atoms with Gasteiger partial charge in [0.15, 0.2) is 6.20 Å². The summed E-state index contributed by atoms with van der Waals surface area (Å²) in [6.45, 7) is 4.50. The van der Waals surface area contributed by atoms with Gasteiger partial charge < -0.3 is 9.45 Å². The molecule has 1 aliphatic rings. The minimum absolute atomic E-state index is 0.0849. The van der Waals surface area contributed by atoms with Crippen molar-refractivity contribution in [1.29, 1.82) is 0 Å². The Labute approximate surface area is 247 Å². The van der Waals surface area contributed by atoms with Crippen LogP contribution in [-0.2, 0) is 23.7 Å². The monoisotopic (exact) mass is 603 g/mol. The Morgan fingerprint density at radius 1 is 0.976 bits per heavy atom. The summed E-state index contributed by atoms with van der Waals surface area (Å²) >= 11 is 3.26. The van der Waals surface area contributed by atoms with Crippen LogP contribution in [0, 0.1) is 6.92 Å². The van der Waals surface area contributed by atoms with Crippen molar-refractivity contribution in [2.45, 2.75) is 30.2 Å². The van der Waals surface area contributed by atoms with E-state index in [1.807, 2.05) is 37.6 Å². The quantitative estimate of drug-likeness (QED) is 0.229. The van der Waals surface area contributed by atoms with Crippen molar-refractivity contribution >= 4 is 60.9 Å². The number of thiazole rings is 1. The molecule has 6 rings (SSSR count). The smallest absolute Gasteiger partial charge is 0.271 e. The molecule has 0 amide bonds. The van der Waals surface area contributed by atoms with Crippen molar-refractivity contribution in [3.63, 3.8) is 0 Å². The van der Waals surface area contributed by atoms with Crippen LogP contribution in [0.15, 0.2) is 99.6 Å². The highest BCUT2D eigenvalue weighted by Gasteiger charge is 2.24. The van der Waals surface area contributed by atoms with Gasteiger partial charge in [0.1, 0.15) is 26.7 Å². The van der Waals surface area contributed by atoms with E-state index in [0.29, 0.717) is 6.54 Å². The lowest BCUT2D eigenvalue weighted by molar-refractivity contribution is -0.644. The number of para-hydroxylation sites is 2. The summed E-state index contributed by atoms with van der Waals surface area (Å²) in [5, 5.41) is 2.19. The van der Waals surface area contributed by atoms with E-state index in [9.17, 15) is 17.8 Å². The van der Waals surface area contributed by atoms with Gasteiger partial charge in [-0.15, -0.1) is 11.3 Å². The zero-order valence-electron chi connectivity index (χ0n) is 23.1. The molecule has 0 N–H and O–H groups in total. The summed E-state index contributed by atoms with van der Waals surface area (Å²) in [5.74, 6) is 0. The van der Waals surface area contributed by atoms with Gasteiger partial charge in [-0.05, 0) is 55.8 Å². The molecule has 0 radical (unpaired) electrons. The number of anilines is 1. The van der Waals surface area contributed by atoms with Crippen LogP contribution in [0.3, 0.4) is 0 Å². The number of pyridine rings is 1. The van der Waals surface area contributed by atoms with Crippen LogP contribution in [0.2, 0.25) is 0 Å². The Kier molecular flexibility index (Phi) is 8.19. The van der Waals surface area contributed by atoms with E-state index < -0.39 is 10.1 Å². The fourth-order valence-electron chi connectivity index (χ4n) is 4.62. The molecule has 0 fully saturated rings. The first-order chi connectivity index (χ1) is 19.6. The topological polar surface area (TPSA) is 86.3 Å². The number of hydrogen-bond acceptors (Lipinski definition) is 7. The van der Waals surface area contributed by atoms with E-state index in [0.717, 1.165) is 31.0 Å². The molecule has 3 aromatic carbocycles. The predicted octanol–water partition coefficient (Wildman–Crippen LogP) is 3.94. The standard InChI is InChI=1S/C24H22N3OS2.C7H8O3S/c1-4-27-21(15-16-13-14-25(2)18-10-6-5-9-17(16)18)30-22(23(27)28)24-26(3)19-11-7-8-12-20(19)29-24;1-6-2-4-7(5-3-6)11(8,9)10/h5-15H,4H2,1-3H3;2-5H,1H3,(H,8,9,10)/q+1;/p-1/b24-22+;. The molecule has 0 unspecified atom stereocenters. The van der Waals surface area contributed by atoms with E-state index in [1.165, 1.54) is 27.9 Å². The van der Waals surface area contributed by atoms with E-state index in [4.69, 9.17) is 0 Å². The van der Waals surface area contributed by atoms with Gasteiger partial charge in [0.2, 0.25) is 5.52 Å². The summed E-state index contributed by atoms with van der Waals surface area (Å²) in [6.07, 6.45) is 4.22. The van der Waals surface area contributed by atoms with Gasteiger partial charge in [0.25, 0.3) is 5.56 Å². The molecule has 3 heterocycles. The van der Waals surface area contributed by atoms with Crippen LogP contribution < -0.4 is 24.2 Å². The van der Waals surface area contributed by atoms with Crippen LogP contribution in [0.4, 0.5) is 5.69 Å². The van der Waals surface area contributed by atoms with Crippen LogP contribution >= 0.6 is 23.1 Å². The Balaban J connectivity index is 0.000000259. The maximum absolute atomic E-state index is 13.3. The third-order valence-corrected chi connectivity index (χ3v) is 10.2. The van der Waals surface area contributed by atoms with Gasteiger partial charge in [-0.3, -0.25) is 9.36 Å². The Morgan fingerprint density at radius 2 is 1.66 bits per heavy atom. The molecule has 2 aromatic heterocycles. The number of fused-ring (bicyclic) bond motifs is 2. The molecule has 7 nitrogen and oxygen atoms in total. The van der Waals surface area contributed by atoms with Crippen molar-refractivity contribution in [2.24, 2.45) is 7.05 Å². The van der Waals surface area contributed by atoms with E-state index >= 15 is 0 Å². The van der Waals surface area contributed by atoms with Crippen molar-refractivity contribution in [3.05, 3.63) is 116 Å². The van der Waals surface area contributed by atoms with Crippen LogP contribution in [-0.4, -0.2) is 24.6 Å². The van der Waals surface area contributed by atoms with Gasteiger partial charge >= 0.3 is 0 Å². The van der Waals surface area contributed by atoms with Gasteiger partial charge in [-0.2, -0.15) is 0 Å². The summed E-state index contributed by atoms with van der Waals surface area (Å²) in [4.78, 5) is 16.4. The number of hydrogen-bond donors (Lipinski definition) is 0. The fraction of sp³-hybridized carbons (Fsp3) is 0.161. The molecule has 0 spiro atoms. The van der Waals surface area contributed by atoms with Gasteiger partial charge in [0, 0.05) is 30.6 Å².